The quantitative estimate of drug-likeness (QED) is 0.846. The summed E-state index contributed by atoms with van der Waals surface area (Å²) in [5, 5.41) is 3.07. The fourth-order valence-electron chi connectivity index (χ4n) is 1.44. The Labute approximate surface area is 118 Å². The highest BCUT2D eigenvalue weighted by molar-refractivity contribution is 9.10. The first-order chi connectivity index (χ1) is 8.56. The predicted molar refractivity (Wildman–Crippen MR) is 76.1 cm³/mol. The second-order valence-corrected chi connectivity index (χ2v) is 5.02. The smallest absolute Gasteiger partial charge is 0.274 e. The fourth-order valence-corrected chi connectivity index (χ4v) is 2.20. The van der Waals surface area contributed by atoms with Crippen LogP contribution in [0.25, 0.3) is 0 Å². The summed E-state index contributed by atoms with van der Waals surface area (Å²) in [6.45, 7) is 1.98. The average Bonchev–Trinajstić information content (AvgIpc) is 2.32. The van der Waals surface area contributed by atoms with E-state index >= 15 is 0 Å². The lowest BCUT2D eigenvalue weighted by Crippen LogP contribution is -2.13. The number of amides is 1. The minimum absolute atomic E-state index is 0.287. The van der Waals surface area contributed by atoms with Crippen LogP contribution in [-0.2, 0) is 0 Å². The van der Waals surface area contributed by atoms with E-state index in [9.17, 15) is 4.79 Å². The van der Waals surface area contributed by atoms with Gasteiger partial charge >= 0.3 is 0 Å². The van der Waals surface area contributed by atoms with Crippen molar-refractivity contribution in [1.82, 2.24) is 4.98 Å². The molecule has 0 aliphatic rings. The van der Waals surface area contributed by atoms with Gasteiger partial charge in [-0.05, 0) is 52.7 Å². The van der Waals surface area contributed by atoms with Crippen molar-refractivity contribution in [2.24, 2.45) is 0 Å². The Morgan fingerprint density at radius 2 is 2.11 bits per heavy atom. The van der Waals surface area contributed by atoms with E-state index in [-0.39, 0.29) is 11.6 Å². The first-order valence-electron chi connectivity index (χ1n) is 5.26. The van der Waals surface area contributed by atoms with Crippen LogP contribution in [0.15, 0.2) is 40.9 Å². The number of nitrogens with zero attached hydrogens (tertiary/aromatic N) is 1. The SMILES string of the molecule is Cc1ccc(NC(=O)c2cccc(Cl)n2)c(Br)c1. The Bertz CT molecular complexity index is 601. The molecule has 0 saturated heterocycles. The molecule has 1 heterocycles. The number of hydrogen-bond donors (Lipinski definition) is 1. The molecule has 3 nitrogen and oxygen atoms in total. The molecular formula is C13H10BrClN2O. The van der Waals surface area contributed by atoms with Gasteiger partial charge in [0.05, 0.1) is 5.69 Å². The van der Waals surface area contributed by atoms with Gasteiger partial charge in [0.2, 0.25) is 0 Å². The van der Waals surface area contributed by atoms with Crippen LogP contribution in [0.2, 0.25) is 5.15 Å². The monoisotopic (exact) mass is 324 g/mol. The molecule has 92 valence electrons. The molecule has 0 aliphatic heterocycles. The predicted octanol–water partition coefficient (Wildman–Crippen LogP) is 4.06. The second kappa shape index (κ2) is 5.50. The highest BCUT2D eigenvalue weighted by Gasteiger charge is 2.09. The third-order valence-corrected chi connectivity index (χ3v) is 3.19. The summed E-state index contributed by atoms with van der Waals surface area (Å²) in [5.74, 6) is -0.290. The molecular weight excluding hydrogens is 316 g/mol. The molecule has 1 N–H and O–H groups in total. The normalized spacial score (nSPS) is 10.2. The summed E-state index contributed by atoms with van der Waals surface area (Å²) < 4.78 is 0.831. The van der Waals surface area contributed by atoms with E-state index in [1.807, 2.05) is 25.1 Å². The number of nitrogens with one attached hydrogen (secondary N) is 1. The maximum absolute atomic E-state index is 12.0. The zero-order valence-electron chi connectivity index (χ0n) is 9.58. The third kappa shape index (κ3) is 3.09. The number of rotatable bonds is 2. The first kappa shape index (κ1) is 13.1. The Morgan fingerprint density at radius 3 is 2.78 bits per heavy atom. The Hall–Kier alpha value is -1.39. The van der Waals surface area contributed by atoms with Crippen molar-refractivity contribution in [1.29, 1.82) is 0 Å². The van der Waals surface area contributed by atoms with Crippen molar-refractivity contribution in [2.45, 2.75) is 6.92 Å². The number of aromatic nitrogens is 1. The molecule has 0 saturated carbocycles. The summed E-state index contributed by atoms with van der Waals surface area (Å²) in [4.78, 5) is 15.9. The van der Waals surface area contributed by atoms with Crippen LogP contribution < -0.4 is 5.32 Å². The standard InChI is InChI=1S/C13H10BrClN2O/c1-8-5-6-10(9(14)7-8)17-13(18)11-3-2-4-12(15)16-11/h2-7H,1H3,(H,17,18). The van der Waals surface area contributed by atoms with Gasteiger partial charge in [-0.2, -0.15) is 0 Å². The summed E-state index contributed by atoms with van der Waals surface area (Å²) in [6, 6.07) is 10.6. The molecule has 0 aliphatic carbocycles. The Balaban J connectivity index is 2.21. The molecule has 1 aromatic heterocycles. The van der Waals surface area contributed by atoms with E-state index in [0.717, 1.165) is 10.0 Å². The van der Waals surface area contributed by atoms with Crippen LogP contribution in [0.4, 0.5) is 5.69 Å². The van der Waals surface area contributed by atoms with Crippen LogP contribution in [0, 0.1) is 6.92 Å². The van der Waals surface area contributed by atoms with Crippen LogP contribution in [-0.4, -0.2) is 10.9 Å². The average molecular weight is 326 g/mol. The van der Waals surface area contributed by atoms with Gasteiger partial charge in [-0.25, -0.2) is 4.98 Å². The van der Waals surface area contributed by atoms with Crippen LogP contribution in [0.1, 0.15) is 16.1 Å². The largest absolute Gasteiger partial charge is 0.320 e. The molecule has 2 aromatic rings. The molecule has 0 bridgehead atoms. The lowest BCUT2D eigenvalue weighted by molar-refractivity contribution is 0.102. The number of hydrogen-bond acceptors (Lipinski definition) is 2. The molecule has 2 rings (SSSR count). The van der Waals surface area contributed by atoms with Gasteiger partial charge in [0.15, 0.2) is 0 Å². The Kier molecular flexibility index (Phi) is 3.99. The fraction of sp³-hybridized carbons (Fsp3) is 0.0769. The number of carbonyl (C=O) groups excluding carboxylic acids is 1. The van der Waals surface area contributed by atoms with Crippen molar-refractivity contribution in [2.75, 3.05) is 5.32 Å². The van der Waals surface area contributed by atoms with E-state index in [0.29, 0.717) is 10.8 Å². The summed E-state index contributed by atoms with van der Waals surface area (Å²) in [7, 11) is 0. The number of carbonyl (C=O) groups is 1. The molecule has 0 atom stereocenters. The topological polar surface area (TPSA) is 42.0 Å². The van der Waals surface area contributed by atoms with Crippen LogP contribution in [0.5, 0.6) is 0 Å². The lowest BCUT2D eigenvalue weighted by Gasteiger charge is -2.07. The van der Waals surface area contributed by atoms with Gasteiger partial charge in [-0.15, -0.1) is 0 Å². The van der Waals surface area contributed by atoms with E-state index in [1.54, 1.807) is 18.2 Å². The van der Waals surface area contributed by atoms with Gasteiger partial charge in [-0.1, -0.05) is 23.7 Å². The maximum atomic E-state index is 12.0. The van der Waals surface area contributed by atoms with Gasteiger partial charge < -0.3 is 5.32 Å². The zero-order valence-corrected chi connectivity index (χ0v) is 11.9. The van der Waals surface area contributed by atoms with Crippen molar-refractivity contribution in [3.05, 3.63) is 57.3 Å². The molecule has 5 heteroatoms. The summed E-state index contributed by atoms with van der Waals surface area (Å²) in [6.07, 6.45) is 0. The van der Waals surface area contributed by atoms with Gasteiger partial charge in [0.1, 0.15) is 10.8 Å². The summed E-state index contributed by atoms with van der Waals surface area (Å²) >= 11 is 9.15. The van der Waals surface area contributed by atoms with Crippen molar-refractivity contribution in [3.8, 4) is 0 Å². The molecule has 1 amide bonds. The van der Waals surface area contributed by atoms with Crippen molar-refractivity contribution < 1.29 is 4.79 Å². The molecule has 0 unspecified atom stereocenters. The number of benzene rings is 1. The van der Waals surface area contributed by atoms with Gasteiger partial charge in [-0.3, -0.25) is 4.79 Å². The zero-order chi connectivity index (χ0) is 13.1. The van der Waals surface area contributed by atoms with E-state index in [4.69, 9.17) is 11.6 Å². The second-order valence-electron chi connectivity index (χ2n) is 3.78. The molecule has 0 radical (unpaired) electrons. The molecule has 1 aromatic carbocycles. The Morgan fingerprint density at radius 1 is 1.33 bits per heavy atom. The third-order valence-electron chi connectivity index (χ3n) is 2.32. The molecule has 0 fully saturated rings. The molecule has 0 spiro atoms. The molecule has 18 heavy (non-hydrogen) atoms. The summed E-state index contributed by atoms with van der Waals surface area (Å²) in [5.41, 5.74) is 2.10. The maximum Gasteiger partial charge on any atom is 0.274 e. The number of pyridine rings is 1. The van der Waals surface area contributed by atoms with E-state index in [1.165, 1.54) is 0 Å². The highest BCUT2D eigenvalue weighted by Crippen LogP contribution is 2.23. The number of halogens is 2. The van der Waals surface area contributed by atoms with Crippen molar-refractivity contribution >= 4 is 39.1 Å². The van der Waals surface area contributed by atoms with E-state index in [2.05, 4.69) is 26.2 Å². The minimum Gasteiger partial charge on any atom is -0.320 e. The first-order valence-corrected chi connectivity index (χ1v) is 6.43. The van der Waals surface area contributed by atoms with E-state index < -0.39 is 0 Å². The van der Waals surface area contributed by atoms with Gasteiger partial charge in [0.25, 0.3) is 5.91 Å². The lowest BCUT2D eigenvalue weighted by atomic mass is 10.2. The van der Waals surface area contributed by atoms with Gasteiger partial charge in [0, 0.05) is 4.47 Å². The van der Waals surface area contributed by atoms with Crippen molar-refractivity contribution in [3.63, 3.8) is 0 Å². The van der Waals surface area contributed by atoms with Crippen LogP contribution >= 0.6 is 27.5 Å². The number of aryl methyl sites for hydroxylation is 1. The minimum atomic E-state index is -0.290. The van der Waals surface area contributed by atoms with Crippen LogP contribution in [0.3, 0.4) is 0 Å². The number of anilines is 1. The highest BCUT2D eigenvalue weighted by atomic mass is 79.9.